The number of para-hydroxylation sites is 1. The number of anilines is 1. The van der Waals surface area contributed by atoms with E-state index in [1.54, 1.807) is 6.20 Å². The molecule has 56 heavy (non-hydrogen) atoms. The summed E-state index contributed by atoms with van der Waals surface area (Å²) in [6.45, 7) is 3.12. The third kappa shape index (κ3) is 13.5. The van der Waals surface area contributed by atoms with Gasteiger partial charge in [-0.15, -0.1) is 0 Å². The molecular weight excluding hydrogens is 750 g/mol. The van der Waals surface area contributed by atoms with Crippen molar-refractivity contribution in [2.75, 3.05) is 25.1 Å². The topological polar surface area (TPSA) is 154 Å². The average molecular weight is 787 g/mol. The molecule has 5 aromatic rings. The molecule has 11 nitrogen and oxygen atoms in total. The Morgan fingerprint density at radius 2 is 1.36 bits per heavy atom. The number of aliphatic carboxylic acids is 2. The number of aromatic nitrogens is 2. The number of carbonyl (C=O) groups is 3. The molecule has 1 aliphatic heterocycles. The van der Waals surface area contributed by atoms with E-state index in [1.807, 2.05) is 60.8 Å². The van der Waals surface area contributed by atoms with E-state index in [4.69, 9.17) is 29.3 Å². The molecule has 1 atom stereocenters. The Morgan fingerprint density at radius 1 is 0.804 bits per heavy atom. The molecule has 17 heteroatoms. The van der Waals surface area contributed by atoms with E-state index in [1.165, 1.54) is 11.1 Å². The SMILES string of the molecule is O=C(Nc1ccc(-c2cn[nH]c2)cc1OCCN(Cc1ccccc1)Cc1ccccc1)C1COc2ccccc2C1.O=C(O)C(F)(F)F.O=C(O)C(F)(F)F. The number of H-pyrrole nitrogens is 1. The van der Waals surface area contributed by atoms with E-state index in [9.17, 15) is 31.1 Å². The average Bonchev–Trinajstić information content (AvgIpc) is 3.71. The zero-order valence-corrected chi connectivity index (χ0v) is 29.4. The van der Waals surface area contributed by atoms with Crippen molar-refractivity contribution >= 4 is 23.5 Å². The number of nitrogens with one attached hydrogen (secondary N) is 2. The molecule has 0 bridgehead atoms. The zero-order chi connectivity index (χ0) is 40.7. The highest BCUT2D eigenvalue weighted by Crippen LogP contribution is 2.33. The minimum Gasteiger partial charge on any atom is -0.492 e. The van der Waals surface area contributed by atoms with Crippen LogP contribution in [-0.2, 0) is 33.9 Å². The fourth-order valence-corrected chi connectivity index (χ4v) is 5.25. The number of carboxylic acids is 2. The van der Waals surface area contributed by atoms with Crippen LogP contribution in [0.5, 0.6) is 11.5 Å². The first-order chi connectivity index (χ1) is 26.6. The summed E-state index contributed by atoms with van der Waals surface area (Å²) < 4.78 is 75.8. The van der Waals surface area contributed by atoms with Gasteiger partial charge in [0.1, 0.15) is 24.7 Å². The molecule has 4 N–H and O–H groups in total. The number of carbonyl (C=O) groups excluding carboxylic acids is 1. The third-order valence-electron chi connectivity index (χ3n) is 7.97. The van der Waals surface area contributed by atoms with E-state index < -0.39 is 24.3 Å². The summed E-state index contributed by atoms with van der Waals surface area (Å²) >= 11 is 0. The van der Waals surface area contributed by atoms with Gasteiger partial charge in [-0.1, -0.05) is 84.9 Å². The molecule has 0 radical (unpaired) electrons. The second kappa shape index (κ2) is 19.8. The minimum absolute atomic E-state index is 0.0832. The molecule has 1 aliphatic rings. The maximum absolute atomic E-state index is 13.4. The molecule has 0 spiro atoms. The Morgan fingerprint density at radius 3 is 1.89 bits per heavy atom. The van der Waals surface area contributed by atoms with Crippen LogP contribution in [0, 0.1) is 5.92 Å². The molecule has 0 saturated heterocycles. The number of benzene rings is 4. The number of alkyl halides is 6. The van der Waals surface area contributed by atoms with Gasteiger partial charge in [0.2, 0.25) is 5.91 Å². The maximum Gasteiger partial charge on any atom is 0.490 e. The lowest BCUT2D eigenvalue weighted by Gasteiger charge is -2.25. The summed E-state index contributed by atoms with van der Waals surface area (Å²) in [4.78, 5) is 33.5. The van der Waals surface area contributed by atoms with Crippen molar-refractivity contribution < 1.29 is 60.4 Å². The summed E-state index contributed by atoms with van der Waals surface area (Å²) in [6, 6.07) is 34.7. The highest BCUT2D eigenvalue weighted by Gasteiger charge is 2.39. The van der Waals surface area contributed by atoms with Crippen molar-refractivity contribution in [3.63, 3.8) is 0 Å². The number of carboxylic acid groups (broad SMARTS) is 2. The molecule has 4 aromatic carbocycles. The summed E-state index contributed by atoms with van der Waals surface area (Å²) in [5.74, 6) is -4.40. The number of hydrogen-bond donors (Lipinski definition) is 4. The Balaban J connectivity index is 0.000000425. The number of aromatic amines is 1. The fraction of sp³-hybridized carbons (Fsp3) is 0.231. The molecule has 2 heterocycles. The standard InChI is InChI=1S/C35H34N4O3.2C2HF3O2/c40-35(30-19-29-13-7-8-14-33(29)42-25-30)38-32-16-15-28(31-21-36-37-22-31)20-34(32)41-18-17-39(23-26-9-3-1-4-10-26)24-27-11-5-2-6-12-27;2*3-2(4,5)1(6)7/h1-16,20-22,30H,17-19,23-25H2,(H,36,37)(H,38,40);2*(H,6,7). The molecule has 0 aliphatic carbocycles. The van der Waals surface area contributed by atoms with Gasteiger partial charge in [-0.2, -0.15) is 31.4 Å². The van der Waals surface area contributed by atoms with Crippen molar-refractivity contribution in [2.45, 2.75) is 31.9 Å². The van der Waals surface area contributed by atoms with Crippen molar-refractivity contribution in [3.8, 4) is 22.6 Å². The first kappa shape index (κ1) is 42.4. The van der Waals surface area contributed by atoms with Gasteiger partial charge in [0.05, 0.1) is 17.8 Å². The van der Waals surface area contributed by atoms with Gasteiger partial charge in [0.15, 0.2) is 0 Å². The van der Waals surface area contributed by atoms with E-state index in [0.29, 0.717) is 37.6 Å². The van der Waals surface area contributed by atoms with E-state index >= 15 is 0 Å². The van der Waals surface area contributed by atoms with E-state index in [2.05, 4.69) is 68.9 Å². The van der Waals surface area contributed by atoms with E-state index in [-0.39, 0.29) is 11.8 Å². The molecule has 1 amide bonds. The third-order valence-corrected chi connectivity index (χ3v) is 7.97. The summed E-state index contributed by atoms with van der Waals surface area (Å²) in [5, 5.41) is 24.3. The Labute approximate surface area is 316 Å². The monoisotopic (exact) mass is 786 g/mol. The number of amides is 1. The van der Waals surface area contributed by atoms with Crippen LogP contribution >= 0.6 is 0 Å². The lowest BCUT2D eigenvalue weighted by molar-refractivity contribution is -0.193. The molecular formula is C39H36F6N4O7. The number of ether oxygens (including phenoxy) is 2. The van der Waals surface area contributed by atoms with Crippen LogP contribution in [0.1, 0.15) is 16.7 Å². The molecule has 6 rings (SSSR count). The van der Waals surface area contributed by atoms with E-state index in [0.717, 1.165) is 35.5 Å². The minimum atomic E-state index is -5.08. The first-order valence-corrected chi connectivity index (χ1v) is 16.8. The van der Waals surface area contributed by atoms with Crippen molar-refractivity contribution in [1.82, 2.24) is 15.1 Å². The van der Waals surface area contributed by atoms with Gasteiger partial charge in [0, 0.05) is 31.4 Å². The number of hydrogen-bond acceptors (Lipinski definition) is 7. The predicted molar refractivity (Wildman–Crippen MR) is 192 cm³/mol. The van der Waals surface area contributed by atoms with Crippen LogP contribution in [-0.4, -0.2) is 75.3 Å². The molecule has 1 aromatic heterocycles. The fourth-order valence-electron chi connectivity index (χ4n) is 5.25. The van der Waals surface area contributed by atoms with Crippen LogP contribution < -0.4 is 14.8 Å². The normalized spacial score (nSPS) is 13.4. The summed E-state index contributed by atoms with van der Waals surface area (Å²) in [7, 11) is 0. The highest BCUT2D eigenvalue weighted by molar-refractivity contribution is 5.95. The van der Waals surface area contributed by atoms with Crippen molar-refractivity contribution in [1.29, 1.82) is 0 Å². The number of nitrogens with zero attached hydrogens (tertiary/aromatic N) is 2. The molecule has 296 valence electrons. The molecule has 0 saturated carbocycles. The van der Waals surface area contributed by atoms with Crippen LogP contribution in [0.15, 0.2) is 116 Å². The van der Waals surface area contributed by atoms with Crippen LogP contribution in [0.2, 0.25) is 0 Å². The van der Waals surface area contributed by atoms with Crippen LogP contribution in [0.25, 0.3) is 11.1 Å². The van der Waals surface area contributed by atoms with Gasteiger partial charge in [0.25, 0.3) is 0 Å². The van der Waals surface area contributed by atoms with Crippen LogP contribution in [0.4, 0.5) is 32.0 Å². The van der Waals surface area contributed by atoms with Gasteiger partial charge in [-0.25, -0.2) is 9.59 Å². The number of halogens is 6. The Bertz CT molecular complexity index is 1950. The van der Waals surface area contributed by atoms with Crippen LogP contribution in [0.3, 0.4) is 0 Å². The maximum atomic E-state index is 13.4. The summed E-state index contributed by atoms with van der Waals surface area (Å²) in [5.41, 5.74) is 6.09. The van der Waals surface area contributed by atoms with Gasteiger partial charge < -0.3 is 25.0 Å². The zero-order valence-electron chi connectivity index (χ0n) is 29.4. The molecule has 1 unspecified atom stereocenters. The number of fused-ring (bicyclic) bond motifs is 1. The largest absolute Gasteiger partial charge is 0.492 e. The quantitative estimate of drug-likeness (QED) is 0.0991. The highest BCUT2D eigenvalue weighted by atomic mass is 19.4. The number of rotatable bonds is 11. The molecule has 0 fully saturated rings. The summed E-state index contributed by atoms with van der Waals surface area (Å²) in [6.07, 6.45) is -5.91. The predicted octanol–water partition coefficient (Wildman–Crippen LogP) is 7.61. The van der Waals surface area contributed by atoms with Crippen molar-refractivity contribution in [2.24, 2.45) is 5.92 Å². The Kier molecular flexibility index (Phi) is 15.0. The van der Waals surface area contributed by atoms with Gasteiger partial charge >= 0.3 is 24.3 Å². The van der Waals surface area contributed by atoms with Gasteiger partial charge in [-0.3, -0.25) is 14.8 Å². The van der Waals surface area contributed by atoms with Gasteiger partial charge in [-0.05, 0) is 46.9 Å². The second-order valence-corrected chi connectivity index (χ2v) is 12.1. The lowest BCUT2D eigenvalue weighted by Crippen LogP contribution is -2.32. The Hall–Kier alpha value is -6.36. The first-order valence-electron chi connectivity index (χ1n) is 16.8. The van der Waals surface area contributed by atoms with Crippen molar-refractivity contribution in [3.05, 3.63) is 132 Å². The smallest absolute Gasteiger partial charge is 0.490 e. The lowest BCUT2D eigenvalue weighted by atomic mass is 9.96. The second-order valence-electron chi connectivity index (χ2n) is 12.1.